The number of nitrogens with zero attached hydrogens (tertiary/aromatic N) is 2. The van der Waals surface area contributed by atoms with E-state index in [1.807, 2.05) is 37.3 Å². The van der Waals surface area contributed by atoms with Gasteiger partial charge in [0.15, 0.2) is 5.76 Å². The van der Waals surface area contributed by atoms with Crippen LogP contribution in [0.3, 0.4) is 0 Å². The summed E-state index contributed by atoms with van der Waals surface area (Å²) in [4.78, 5) is 12.3. The first-order chi connectivity index (χ1) is 13.7. The highest BCUT2D eigenvalue weighted by Crippen LogP contribution is 2.21. The maximum absolute atomic E-state index is 12.3. The van der Waals surface area contributed by atoms with E-state index in [2.05, 4.69) is 17.0 Å². The molecule has 0 spiro atoms. The summed E-state index contributed by atoms with van der Waals surface area (Å²) in [7, 11) is 0. The predicted octanol–water partition coefficient (Wildman–Crippen LogP) is 4.03. The molecular formula is C21H23N3O4. The number of benzene rings is 1. The Morgan fingerprint density at radius 2 is 2.18 bits per heavy atom. The first-order valence-electron chi connectivity index (χ1n) is 9.01. The minimum Gasteiger partial charge on any atom is -0.485 e. The van der Waals surface area contributed by atoms with Gasteiger partial charge in [-0.25, -0.2) is 4.68 Å². The van der Waals surface area contributed by atoms with Crippen molar-refractivity contribution in [1.29, 1.82) is 0 Å². The summed E-state index contributed by atoms with van der Waals surface area (Å²) in [5.74, 6) is 1.18. The van der Waals surface area contributed by atoms with Crippen LogP contribution in [-0.2, 0) is 24.5 Å². The Morgan fingerprint density at radius 3 is 3.00 bits per heavy atom. The van der Waals surface area contributed by atoms with E-state index in [1.54, 1.807) is 29.2 Å². The summed E-state index contributed by atoms with van der Waals surface area (Å²) in [6, 6.07) is 11.1. The van der Waals surface area contributed by atoms with Gasteiger partial charge in [-0.2, -0.15) is 5.10 Å². The molecule has 0 aliphatic carbocycles. The average molecular weight is 381 g/mol. The average Bonchev–Trinajstić information content (AvgIpc) is 3.35. The molecule has 1 aromatic carbocycles. The fourth-order valence-corrected chi connectivity index (χ4v) is 2.57. The third-order valence-electron chi connectivity index (χ3n) is 3.91. The Kier molecular flexibility index (Phi) is 6.64. The van der Waals surface area contributed by atoms with Crippen LogP contribution in [0.1, 0.15) is 28.8 Å². The molecule has 0 unspecified atom stereocenters. The van der Waals surface area contributed by atoms with E-state index >= 15 is 0 Å². The third kappa shape index (κ3) is 5.11. The summed E-state index contributed by atoms with van der Waals surface area (Å²) < 4.78 is 18.3. The molecule has 2 aromatic heterocycles. The van der Waals surface area contributed by atoms with Crippen LogP contribution in [-0.4, -0.2) is 22.3 Å². The number of furan rings is 1. The molecule has 3 aromatic rings. The first kappa shape index (κ1) is 19.4. The molecule has 0 aliphatic rings. The summed E-state index contributed by atoms with van der Waals surface area (Å²) in [5, 5.41) is 6.86. The topological polar surface area (TPSA) is 78.5 Å². The van der Waals surface area contributed by atoms with Crippen LogP contribution in [0, 0.1) is 0 Å². The number of hydrogen-bond donors (Lipinski definition) is 1. The number of carbonyl (C=O) groups is 1. The quantitative estimate of drug-likeness (QED) is 0.537. The van der Waals surface area contributed by atoms with Gasteiger partial charge in [0.05, 0.1) is 18.1 Å². The Labute approximate surface area is 163 Å². The van der Waals surface area contributed by atoms with Crippen LogP contribution < -0.4 is 10.1 Å². The van der Waals surface area contributed by atoms with E-state index in [0.717, 1.165) is 17.7 Å². The zero-order valence-electron chi connectivity index (χ0n) is 15.8. The number of nitrogens with one attached hydrogen (secondary N) is 1. The van der Waals surface area contributed by atoms with Crippen molar-refractivity contribution in [3.63, 3.8) is 0 Å². The summed E-state index contributed by atoms with van der Waals surface area (Å²) >= 11 is 0. The highest BCUT2D eigenvalue weighted by atomic mass is 16.5. The van der Waals surface area contributed by atoms with Crippen molar-refractivity contribution >= 4 is 11.6 Å². The maximum Gasteiger partial charge on any atom is 0.291 e. The second-order valence-electron chi connectivity index (χ2n) is 6.00. The molecule has 0 radical (unpaired) electrons. The van der Waals surface area contributed by atoms with Crippen molar-refractivity contribution in [1.82, 2.24) is 9.78 Å². The SMILES string of the molecule is C=CCc1ccccc1OCc1ccc(C(=O)Nc2cnn(COCC)c2)o1. The van der Waals surface area contributed by atoms with Gasteiger partial charge in [-0.1, -0.05) is 24.3 Å². The number of amides is 1. The van der Waals surface area contributed by atoms with Gasteiger partial charge in [0.1, 0.15) is 24.8 Å². The normalized spacial score (nSPS) is 10.6. The number of aromatic nitrogens is 2. The van der Waals surface area contributed by atoms with E-state index in [0.29, 0.717) is 24.8 Å². The van der Waals surface area contributed by atoms with Gasteiger partial charge in [0.2, 0.25) is 0 Å². The number of ether oxygens (including phenoxy) is 2. The van der Waals surface area contributed by atoms with Crippen LogP contribution in [0.15, 0.2) is 65.9 Å². The molecule has 7 nitrogen and oxygen atoms in total. The molecule has 7 heteroatoms. The van der Waals surface area contributed by atoms with Gasteiger partial charge >= 0.3 is 0 Å². The number of hydrogen-bond acceptors (Lipinski definition) is 5. The minimum absolute atomic E-state index is 0.204. The molecule has 1 N–H and O–H groups in total. The molecule has 0 aliphatic heterocycles. The molecule has 0 bridgehead atoms. The van der Waals surface area contributed by atoms with Crippen LogP contribution in [0.25, 0.3) is 0 Å². The lowest BCUT2D eigenvalue weighted by Gasteiger charge is -2.08. The summed E-state index contributed by atoms with van der Waals surface area (Å²) in [6.45, 7) is 6.82. The lowest BCUT2D eigenvalue weighted by molar-refractivity contribution is 0.0792. The second kappa shape index (κ2) is 9.57. The van der Waals surface area contributed by atoms with Crippen LogP contribution >= 0.6 is 0 Å². The van der Waals surface area contributed by atoms with Crippen molar-refractivity contribution in [2.75, 3.05) is 11.9 Å². The molecular weight excluding hydrogens is 358 g/mol. The van der Waals surface area contributed by atoms with E-state index < -0.39 is 0 Å². The van der Waals surface area contributed by atoms with Gasteiger partial charge in [-0.05, 0) is 37.1 Å². The Hall–Kier alpha value is -3.32. The number of carbonyl (C=O) groups excluding carboxylic acids is 1. The molecule has 146 valence electrons. The number of para-hydroxylation sites is 1. The molecule has 3 rings (SSSR count). The predicted molar refractivity (Wildman–Crippen MR) is 105 cm³/mol. The van der Waals surface area contributed by atoms with Gasteiger partial charge < -0.3 is 19.2 Å². The standard InChI is InChI=1S/C21H23N3O4/c1-3-7-16-8-5-6-9-19(16)27-14-18-10-11-20(28-18)21(25)23-17-12-22-24(13-17)15-26-4-2/h3,5-6,8-13H,1,4,7,14-15H2,2H3,(H,23,25). The summed E-state index contributed by atoms with van der Waals surface area (Å²) in [6.07, 6.45) is 5.80. The highest BCUT2D eigenvalue weighted by molar-refractivity contribution is 6.02. The van der Waals surface area contributed by atoms with Gasteiger partial charge in [-0.3, -0.25) is 4.79 Å². The molecule has 1 amide bonds. The van der Waals surface area contributed by atoms with Crippen molar-refractivity contribution in [2.45, 2.75) is 26.7 Å². The Bertz CT molecular complexity index is 929. The van der Waals surface area contributed by atoms with Gasteiger partial charge in [0, 0.05) is 6.61 Å². The monoisotopic (exact) mass is 381 g/mol. The lowest BCUT2D eigenvalue weighted by atomic mass is 10.1. The Morgan fingerprint density at radius 1 is 1.32 bits per heavy atom. The molecule has 0 saturated heterocycles. The Balaban J connectivity index is 1.57. The van der Waals surface area contributed by atoms with Crippen molar-refractivity contribution in [3.05, 3.63) is 78.5 Å². The zero-order chi connectivity index (χ0) is 19.8. The van der Waals surface area contributed by atoms with Gasteiger partial charge in [0.25, 0.3) is 5.91 Å². The van der Waals surface area contributed by atoms with E-state index in [1.165, 1.54) is 0 Å². The lowest BCUT2D eigenvalue weighted by Crippen LogP contribution is -2.10. The molecule has 28 heavy (non-hydrogen) atoms. The molecule has 0 saturated carbocycles. The molecule has 0 fully saturated rings. The third-order valence-corrected chi connectivity index (χ3v) is 3.91. The van der Waals surface area contributed by atoms with E-state index in [9.17, 15) is 4.79 Å². The van der Waals surface area contributed by atoms with Crippen molar-refractivity contribution in [3.8, 4) is 5.75 Å². The van der Waals surface area contributed by atoms with E-state index in [-0.39, 0.29) is 18.3 Å². The van der Waals surface area contributed by atoms with Gasteiger partial charge in [-0.15, -0.1) is 6.58 Å². The minimum atomic E-state index is -0.353. The number of rotatable bonds is 10. The molecule has 2 heterocycles. The summed E-state index contributed by atoms with van der Waals surface area (Å²) in [5.41, 5.74) is 1.61. The van der Waals surface area contributed by atoms with Crippen molar-refractivity contribution < 1.29 is 18.7 Å². The largest absolute Gasteiger partial charge is 0.485 e. The maximum atomic E-state index is 12.3. The highest BCUT2D eigenvalue weighted by Gasteiger charge is 2.13. The molecule has 0 atom stereocenters. The fourth-order valence-electron chi connectivity index (χ4n) is 2.57. The fraction of sp³-hybridized carbons (Fsp3) is 0.238. The van der Waals surface area contributed by atoms with Crippen LogP contribution in [0.4, 0.5) is 5.69 Å². The van der Waals surface area contributed by atoms with Crippen LogP contribution in [0.5, 0.6) is 5.75 Å². The van der Waals surface area contributed by atoms with E-state index in [4.69, 9.17) is 13.9 Å². The zero-order valence-corrected chi connectivity index (χ0v) is 15.8. The number of allylic oxidation sites excluding steroid dienone is 1. The van der Waals surface area contributed by atoms with Crippen LogP contribution in [0.2, 0.25) is 0 Å². The first-order valence-corrected chi connectivity index (χ1v) is 9.01. The van der Waals surface area contributed by atoms with Crippen molar-refractivity contribution in [2.24, 2.45) is 0 Å². The number of anilines is 1. The smallest absolute Gasteiger partial charge is 0.291 e. The second-order valence-corrected chi connectivity index (χ2v) is 6.00.